The molecule has 0 spiro atoms. The van der Waals surface area contributed by atoms with Crippen molar-refractivity contribution in [1.82, 2.24) is 30.4 Å². The fraction of sp³-hybridized carbons (Fsp3) is 0. The van der Waals surface area contributed by atoms with Crippen molar-refractivity contribution in [2.24, 2.45) is 0 Å². The topological polar surface area (TPSA) is 196 Å². The molecule has 0 radical (unpaired) electrons. The molecule has 11 nitrogen and oxygen atoms in total. The average Bonchev–Trinajstić information content (AvgIpc) is 3.61. The number of hydrogen-bond donors (Lipinski definition) is 2. The van der Waals surface area contributed by atoms with Gasteiger partial charge < -0.3 is 25.3 Å². The molecule has 5 rings (SSSR count). The quantitative estimate of drug-likeness (QED) is 0.223. The molecule has 0 amide bonds. The molecule has 0 saturated carbocycles. The number of rotatable bonds is 4. The Labute approximate surface area is 225 Å². The zero-order valence-corrected chi connectivity index (χ0v) is 23.0. The Morgan fingerprint density at radius 3 is 1.25 bits per heavy atom. The van der Waals surface area contributed by atoms with Crippen LogP contribution in [0.2, 0.25) is 0 Å². The van der Waals surface area contributed by atoms with Gasteiger partial charge in [-0.05, 0) is 36.4 Å². The first kappa shape index (κ1) is 29.8. The largest absolute Gasteiger partial charge is 2.00 e. The molecular formula is C24H21CdN6O5+. The SMILES string of the molecule is O=C([O-])c1ccccc1C(=O)[O-].[Cd+2].[OH3+].c1ccc(-c2cc[nH]n2)nc1.c1ccc(-c2cc[nH]n2)nc1. The zero-order chi connectivity index (χ0) is 24.2. The predicted octanol–water partition coefficient (Wildman–Crippen LogP) is 0.433. The molecule has 0 unspecified atom stereocenters. The summed E-state index contributed by atoms with van der Waals surface area (Å²) in [5.74, 6) is -3.04. The Morgan fingerprint density at radius 2 is 0.972 bits per heavy atom. The summed E-state index contributed by atoms with van der Waals surface area (Å²) in [7, 11) is 0. The van der Waals surface area contributed by atoms with E-state index in [0.717, 1.165) is 34.9 Å². The second kappa shape index (κ2) is 15.6. The van der Waals surface area contributed by atoms with E-state index in [0.29, 0.717) is 0 Å². The fourth-order valence-electron chi connectivity index (χ4n) is 2.67. The number of carbonyl (C=O) groups excluding carboxylic acids is 2. The van der Waals surface area contributed by atoms with Crippen molar-refractivity contribution < 1.29 is 52.6 Å². The minimum absolute atomic E-state index is 0. The van der Waals surface area contributed by atoms with Crippen LogP contribution in [0.25, 0.3) is 22.8 Å². The van der Waals surface area contributed by atoms with Crippen molar-refractivity contribution in [2.45, 2.75) is 0 Å². The van der Waals surface area contributed by atoms with Gasteiger partial charge in [-0.25, -0.2) is 0 Å². The van der Waals surface area contributed by atoms with Crippen molar-refractivity contribution in [3.8, 4) is 22.8 Å². The minimum atomic E-state index is -1.52. The van der Waals surface area contributed by atoms with E-state index in [1.165, 1.54) is 12.1 Å². The number of H-pyrrole nitrogens is 2. The van der Waals surface area contributed by atoms with Crippen LogP contribution < -0.4 is 10.2 Å². The summed E-state index contributed by atoms with van der Waals surface area (Å²) in [6, 6.07) is 20.4. The maximum atomic E-state index is 10.3. The van der Waals surface area contributed by atoms with Crippen molar-refractivity contribution in [2.75, 3.05) is 0 Å². The van der Waals surface area contributed by atoms with Crippen molar-refractivity contribution in [3.05, 3.63) is 109 Å². The number of pyridine rings is 2. The second-order valence-corrected chi connectivity index (χ2v) is 6.47. The molecule has 5 N–H and O–H groups in total. The van der Waals surface area contributed by atoms with Gasteiger partial charge in [0.1, 0.15) is 11.4 Å². The summed E-state index contributed by atoms with van der Waals surface area (Å²) in [5.41, 5.74) is 2.83. The van der Waals surface area contributed by atoms with Gasteiger partial charge in [0.05, 0.1) is 23.3 Å². The third-order valence-electron chi connectivity index (χ3n) is 4.22. The number of hydrogen-bond acceptors (Lipinski definition) is 8. The van der Waals surface area contributed by atoms with Crippen LogP contribution in [0.3, 0.4) is 0 Å². The van der Waals surface area contributed by atoms with Crippen LogP contribution >= 0.6 is 0 Å². The number of nitrogens with one attached hydrogen (secondary N) is 2. The smallest absolute Gasteiger partial charge is 0.545 e. The molecule has 12 heteroatoms. The summed E-state index contributed by atoms with van der Waals surface area (Å²) >= 11 is 0. The molecule has 0 atom stereocenters. The molecule has 4 aromatic heterocycles. The van der Waals surface area contributed by atoms with Gasteiger partial charge in [0.2, 0.25) is 0 Å². The third-order valence-corrected chi connectivity index (χ3v) is 4.22. The number of carbonyl (C=O) groups is 2. The van der Waals surface area contributed by atoms with Crippen molar-refractivity contribution in [1.29, 1.82) is 0 Å². The number of nitrogens with zero attached hydrogens (tertiary/aromatic N) is 4. The van der Waals surface area contributed by atoms with Crippen LogP contribution in [0.5, 0.6) is 0 Å². The fourth-order valence-corrected chi connectivity index (χ4v) is 2.67. The van der Waals surface area contributed by atoms with Crippen LogP contribution in [0.4, 0.5) is 0 Å². The van der Waals surface area contributed by atoms with E-state index in [1.807, 2.05) is 48.5 Å². The Hall–Kier alpha value is -4.24. The van der Waals surface area contributed by atoms with Crippen LogP contribution in [-0.2, 0) is 32.8 Å². The Bertz CT molecular complexity index is 1200. The molecular weight excluding hydrogens is 565 g/mol. The average molecular weight is 586 g/mol. The summed E-state index contributed by atoms with van der Waals surface area (Å²) in [5, 5.41) is 34.1. The monoisotopic (exact) mass is 587 g/mol. The van der Waals surface area contributed by atoms with E-state index < -0.39 is 11.9 Å². The molecule has 0 aliphatic rings. The predicted molar refractivity (Wildman–Crippen MR) is 124 cm³/mol. The standard InChI is InChI=1S/2C8H7N3.C8H6O4.Cd.H2O/c2*1-2-5-9-7(3-1)8-4-6-10-11-8;9-7(10)5-3-1-2-4-6(5)8(11)12;;/h2*1-6H,(H,10,11);1-4H,(H,9,10)(H,11,12);;1H2/q;;;+2;/p-1. The maximum Gasteiger partial charge on any atom is 2.00 e. The van der Waals surface area contributed by atoms with Crippen molar-refractivity contribution >= 4 is 11.9 Å². The van der Waals surface area contributed by atoms with E-state index in [1.54, 1.807) is 24.8 Å². The molecule has 5 aromatic rings. The second-order valence-electron chi connectivity index (χ2n) is 6.47. The molecule has 178 valence electrons. The van der Waals surface area contributed by atoms with E-state index >= 15 is 0 Å². The molecule has 0 fully saturated rings. The van der Waals surface area contributed by atoms with Crippen molar-refractivity contribution in [3.63, 3.8) is 0 Å². The summed E-state index contributed by atoms with van der Waals surface area (Å²) in [6.07, 6.45) is 7.07. The van der Waals surface area contributed by atoms with Gasteiger partial charge in [-0.1, -0.05) is 36.4 Å². The third kappa shape index (κ3) is 8.84. The first-order chi connectivity index (χ1) is 16.6. The molecule has 4 heterocycles. The number of benzene rings is 1. The molecule has 0 aliphatic carbocycles. The summed E-state index contributed by atoms with van der Waals surface area (Å²) in [6.45, 7) is 0. The zero-order valence-electron chi connectivity index (χ0n) is 18.9. The van der Waals surface area contributed by atoms with Gasteiger partial charge >= 0.3 is 27.3 Å². The maximum absolute atomic E-state index is 10.3. The van der Waals surface area contributed by atoms with Gasteiger partial charge in [-0.2, -0.15) is 10.2 Å². The number of carboxylic acids is 2. The van der Waals surface area contributed by atoms with E-state index in [9.17, 15) is 19.8 Å². The Balaban J connectivity index is 0.000000263. The Kier molecular flexibility index (Phi) is 12.9. The van der Waals surface area contributed by atoms with Crippen LogP contribution in [0, 0.1) is 0 Å². The van der Waals surface area contributed by atoms with Gasteiger partial charge in [-0.15, -0.1) is 0 Å². The normalized spacial score (nSPS) is 9.11. The minimum Gasteiger partial charge on any atom is -0.545 e. The molecule has 0 aliphatic heterocycles. The molecule has 0 bridgehead atoms. The number of aromatic amines is 2. The van der Waals surface area contributed by atoms with Gasteiger partial charge in [0.15, 0.2) is 0 Å². The Morgan fingerprint density at radius 1 is 0.583 bits per heavy atom. The van der Waals surface area contributed by atoms with Crippen LogP contribution in [0.1, 0.15) is 20.7 Å². The molecule has 1 aromatic carbocycles. The first-order valence-corrected chi connectivity index (χ1v) is 9.90. The molecule has 0 saturated heterocycles. The van der Waals surface area contributed by atoms with E-state index in [-0.39, 0.29) is 43.9 Å². The van der Waals surface area contributed by atoms with Gasteiger partial charge in [-0.3, -0.25) is 20.2 Å². The number of aromatic carboxylic acids is 2. The number of carboxylic acid groups (broad SMARTS) is 2. The van der Waals surface area contributed by atoms with Crippen LogP contribution in [-0.4, -0.2) is 42.3 Å². The number of aromatic nitrogens is 6. The molecule has 36 heavy (non-hydrogen) atoms. The van der Waals surface area contributed by atoms with Gasteiger partial charge in [0, 0.05) is 35.9 Å². The van der Waals surface area contributed by atoms with E-state index in [4.69, 9.17) is 0 Å². The van der Waals surface area contributed by atoms with Gasteiger partial charge in [0.25, 0.3) is 0 Å². The van der Waals surface area contributed by atoms with E-state index in [2.05, 4.69) is 30.4 Å². The summed E-state index contributed by atoms with van der Waals surface area (Å²) < 4.78 is 0. The van der Waals surface area contributed by atoms with Crippen LogP contribution in [0.15, 0.2) is 97.6 Å². The summed E-state index contributed by atoms with van der Waals surface area (Å²) in [4.78, 5) is 28.9. The first-order valence-electron chi connectivity index (χ1n) is 9.90.